The van der Waals surface area contributed by atoms with Crippen LogP contribution in [-0.4, -0.2) is 46.1 Å². The monoisotopic (exact) mass is 301 g/mol. The second-order valence-electron chi connectivity index (χ2n) is 4.04. The molecule has 0 bridgehead atoms. The molecule has 0 unspecified atom stereocenters. The maximum Gasteiger partial charge on any atom is 0.340 e. The fraction of sp³-hybridized carbons (Fsp3) is 0.500. The van der Waals surface area contributed by atoms with Gasteiger partial charge in [-0.3, -0.25) is 0 Å². The van der Waals surface area contributed by atoms with Crippen LogP contribution in [0, 0.1) is 5.82 Å². The molecule has 0 aliphatic carbocycles. The lowest BCUT2D eigenvalue weighted by atomic mass is 10.1. The van der Waals surface area contributed by atoms with Crippen LogP contribution in [0.15, 0.2) is 12.1 Å². The zero-order chi connectivity index (χ0) is 15.7. The number of benzene rings is 1. The van der Waals surface area contributed by atoms with E-state index < -0.39 is 11.8 Å². The summed E-state index contributed by atoms with van der Waals surface area (Å²) in [5.74, 6) is -1.32. The van der Waals surface area contributed by atoms with E-state index in [1.165, 1.54) is 6.07 Å². The van der Waals surface area contributed by atoms with Crippen LogP contribution in [0.4, 0.5) is 10.1 Å². The number of hydrogen-bond donors (Lipinski definition) is 1. The Morgan fingerprint density at radius 1 is 1.24 bits per heavy atom. The van der Waals surface area contributed by atoms with Gasteiger partial charge in [-0.25, -0.2) is 9.18 Å². The molecule has 21 heavy (non-hydrogen) atoms. The summed E-state index contributed by atoms with van der Waals surface area (Å²) in [6, 6.07) is 2.27. The Balaban J connectivity index is 2.61. The molecule has 0 spiro atoms. The highest BCUT2D eigenvalue weighted by molar-refractivity contribution is 5.95. The molecule has 0 amide bonds. The Kier molecular flexibility index (Phi) is 7.49. The SMILES string of the molecule is CCOC(=O)c1cc(OCCOCCOC)c(F)cc1N. The van der Waals surface area contributed by atoms with E-state index >= 15 is 0 Å². The summed E-state index contributed by atoms with van der Waals surface area (Å²) in [4.78, 5) is 11.7. The quantitative estimate of drug-likeness (QED) is 0.424. The van der Waals surface area contributed by atoms with Crippen molar-refractivity contribution in [3.8, 4) is 5.75 Å². The molecule has 1 aromatic rings. The van der Waals surface area contributed by atoms with Gasteiger partial charge in [-0.2, -0.15) is 0 Å². The summed E-state index contributed by atoms with van der Waals surface area (Å²) in [6.45, 7) is 3.21. The highest BCUT2D eigenvalue weighted by atomic mass is 19.1. The van der Waals surface area contributed by atoms with Crippen LogP contribution in [0.3, 0.4) is 0 Å². The van der Waals surface area contributed by atoms with E-state index in [1.807, 2.05) is 0 Å². The molecule has 0 saturated heterocycles. The van der Waals surface area contributed by atoms with E-state index in [1.54, 1.807) is 14.0 Å². The van der Waals surface area contributed by atoms with Crippen LogP contribution in [0.2, 0.25) is 0 Å². The summed E-state index contributed by atoms with van der Waals surface area (Å²) >= 11 is 0. The maximum atomic E-state index is 13.7. The molecule has 1 aromatic carbocycles. The van der Waals surface area contributed by atoms with Crippen molar-refractivity contribution in [1.82, 2.24) is 0 Å². The molecule has 0 heterocycles. The van der Waals surface area contributed by atoms with E-state index in [9.17, 15) is 9.18 Å². The third-order valence-electron chi connectivity index (χ3n) is 2.52. The minimum Gasteiger partial charge on any atom is -0.488 e. The molecule has 2 N–H and O–H groups in total. The van der Waals surface area contributed by atoms with Gasteiger partial charge in [0, 0.05) is 18.9 Å². The van der Waals surface area contributed by atoms with Gasteiger partial charge in [-0.1, -0.05) is 0 Å². The number of carbonyl (C=O) groups is 1. The maximum absolute atomic E-state index is 13.7. The number of nitrogens with two attached hydrogens (primary N) is 1. The second-order valence-corrected chi connectivity index (χ2v) is 4.04. The van der Waals surface area contributed by atoms with E-state index in [-0.39, 0.29) is 36.8 Å². The van der Waals surface area contributed by atoms with Crippen molar-refractivity contribution in [3.05, 3.63) is 23.5 Å². The van der Waals surface area contributed by atoms with Gasteiger partial charge in [-0.05, 0) is 13.0 Å². The number of methoxy groups -OCH3 is 1. The van der Waals surface area contributed by atoms with E-state index in [2.05, 4.69) is 0 Å². The molecule has 0 aliphatic heterocycles. The molecular formula is C14H20FNO5. The molecule has 0 aromatic heterocycles. The summed E-state index contributed by atoms with van der Waals surface area (Å²) in [5, 5.41) is 0. The Labute approximate surface area is 122 Å². The topological polar surface area (TPSA) is 80.0 Å². The van der Waals surface area contributed by atoms with Gasteiger partial charge in [0.15, 0.2) is 11.6 Å². The number of hydrogen-bond acceptors (Lipinski definition) is 6. The van der Waals surface area contributed by atoms with Crippen LogP contribution in [0.25, 0.3) is 0 Å². The van der Waals surface area contributed by atoms with Crippen molar-refractivity contribution < 1.29 is 28.1 Å². The largest absolute Gasteiger partial charge is 0.488 e. The van der Waals surface area contributed by atoms with Crippen molar-refractivity contribution in [1.29, 1.82) is 0 Å². The van der Waals surface area contributed by atoms with Gasteiger partial charge in [0.1, 0.15) is 6.61 Å². The summed E-state index contributed by atoms with van der Waals surface area (Å²) in [7, 11) is 1.57. The zero-order valence-electron chi connectivity index (χ0n) is 12.2. The number of rotatable bonds is 9. The highest BCUT2D eigenvalue weighted by Gasteiger charge is 2.16. The standard InChI is InChI=1S/C14H20FNO5/c1-3-20-14(17)10-8-13(11(15)9-12(10)16)21-7-6-19-5-4-18-2/h8-9H,3-7,16H2,1-2H3. The van der Waals surface area contributed by atoms with Gasteiger partial charge in [-0.15, -0.1) is 0 Å². The number of nitrogen functional groups attached to an aromatic ring is 1. The van der Waals surface area contributed by atoms with Gasteiger partial charge in [0.05, 0.1) is 32.0 Å². The number of carbonyl (C=O) groups excluding carboxylic acids is 1. The first-order chi connectivity index (χ1) is 10.1. The highest BCUT2D eigenvalue weighted by Crippen LogP contribution is 2.24. The molecule has 6 nitrogen and oxygen atoms in total. The van der Waals surface area contributed by atoms with Crippen LogP contribution in [0.5, 0.6) is 5.75 Å². The Bertz CT molecular complexity index is 467. The fourth-order valence-corrected chi connectivity index (χ4v) is 1.52. The molecule has 7 heteroatoms. The van der Waals surface area contributed by atoms with E-state index in [4.69, 9.17) is 24.7 Å². The van der Waals surface area contributed by atoms with Gasteiger partial charge in [0.25, 0.3) is 0 Å². The van der Waals surface area contributed by atoms with Crippen molar-refractivity contribution in [2.45, 2.75) is 6.92 Å². The van der Waals surface area contributed by atoms with Crippen molar-refractivity contribution in [2.24, 2.45) is 0 Å². The molecule has 0 fully saturated rings. The number of anilines is 1. The van der Waals surface area contributed by atoms with Gasteiger partial charge >= 0.3 is 5.97 Å². The first kappa shape index (κ1) is 17.2. The Hall–Kier alpha value is -1.86. The predicted octanol–water partition coefficient (Wildman–Crippen LogP) is 1.63. The molecule has 0 saturated carbocycles. The molecule has 118 valence electrons. The average molecular weight is 301 g/mol. The van der Waals surface area contributed by atoms with Gasteiger partial charge < -0.3 is 24.7 Å². The Morgan fingerprint density at radius 2 is 1.95 bits per heavy atom. The third kappa shape index (κ3) is 5.57. The number of halogens is 1. The lowest BCUT2D eigenvalue weighted by Gasteiger charge is -2.11. The lowest BCUT2D eigenvalue weighted by Crippen LogP contribution is -2.12. The number of esters is 1. The fourth-order valence-electron chi connectivity index (χ4n) is 1.52. The van der Waals surface area contributed by atoms with Crippen molar-refractivity contribution in [3.63, 3.8) is 0 Å². The van der Waals surface area contributed by atoms with E-state index in [0.29, 0.717) is 13.2 Å². The lowest BCUT2D eigenvalue weighted by molar-refractivity contribution is 0.0519. The van der Waals surface area contributed by atoms with Crippen LogP contribution < -0.4 is 10.5 Å². The third-order valence-corrected chi connectivity index (χ3v) is 2.52. The minimum atomic E-state index is -0.641. The minimum absolute atomic E-state index is 0.00893. The van der Waals surface area contributed by atoms with Crippen LogP contribution >= 0.6 is 0 Å². The van der Waals surface area contributed by atoms with E-state index in [0.717, 1.165) is 6.07 Å². The first-order valence-electron chi connectivity index (χ1n) is 6.55. The smallest absolute Gasteiger partial charge is 0.340 e. The van der Waals surface area contributed by atoms with Crippen molar-refractivity contribution >= 4 is 11.7 Å². The molecule has 0 aliphatic rings. The molecule has 0 radical (unpaired) electrons. The average Bonchev–Trinajstić information content (AvgIpc) is 2.44. The molecular weight excluding hydrogens is 281 g/mol. The Morgan fingerprint density at radius 3 is 2.62 bits per heavy atom. The predicted molar refractivity (Wildman–Crippen MR) is 75.0 cm³/mol. The normalized spacial score (nSPS) is 10.4. The molecule has 1 rings (SSSR count). The van der Waals surface area contributed by atoms with Crippen molar-refractivity contribution in [2.75, 3.05) is 45.9 Å². The van der Waals surface area contributed by atoms with Crippen LogP contribution in [-0.2, 0) is 14.2 Å². The summed E-state index contributed by atoms with van der Waals surface area (Å²) < 4.78 is 33.8. The van der Waals surface area contributed by atoms with Gasteiger partial charge in [0.2, 0.25) is 0 Å². The van der Waals surface area contributed by atoms with Crippen LogP contribution in [0.1, 0.15) is 17.3 Å². The first-order valence-corrected chi connectivity index (χ1v) is 6.55. The molecule has 0 atom stereocenters. The summed E-state index contributed by atoms with van der Waals surface area (Å²) in [6.07, 6.45) is 0. The second kappa shape index (κ2) is 9.15. The summed E-state index contributed by atoms with van der Waals surface area (Å²) in [5.41, 5.74) is 5.68. The number of ether oxygens (including phenoxy) is 4. The zero-order valence-corrected chi connectivity index (χ0v) is 12.2.